The van der Waals surface area contributed by atoms with Crippen LogP contribution in [0.2, 0.25) is 0 Å². The molecular formula is C14H21F2NO3. The summed E-state index contributed by atoms with van der Waals surface area (Å²) in [5.74, 6) is 1.39. The van der Waals surface area contributed by atoms with E-state index in [2.05, 4.69) is 5.32 Å². The van der Waals surface area contributed by atoms with E-state index in [1.54, 1.807) is 7.11 Å². The summed E-state index contributed by atoms with van der Waals surface area (Å²) in [7, 11) is 1.59. The molecular weight excluding hydrogens is 268 g/mol. The van der Waals surface area contributed by atoms with E-state index < -0.39 is 13.0 Å². The van der Waals surface area contributed by atoms with Crippen molar-refractivity contribution in [2.45, 2.75) is 19.9 Å². The zero-order chi connectivity index (χ0) is 14.8. The third-order valence-electron chi connectivity index (χ3n) is 2.52. The van der Waals surface area contributed by atoms with Crippen molar-refractivity contribution in [2.24, 2.45) is 0 Å². The highest BCUT2D eigenvalue weighted by Crippen LogP contribution is 2.27. The van der Waals surface area contributed by atoms with Crippen molar-refractivity contribution in [2.75, 3.05) is 33.5 Å². The van der Waals surface area contributed by atoms with Crippen molar-refractivity contribution in [3.05, 3.63) is 23.8 Å². The molecule has 0 spiro atoms. The summed E-state index contributed by atoms with van der Waals surface area (Å²) in [6.45, 7) is 3.35. The van der Waals surface area contributed by atoms with Gasteiger partial charge in [0.05, 0.1) is 20.3 Å². The fourth-order valence-corrected chi connectivity index (χ4v) is 1.65. The molecule has 0 bridgehead atoms. The predicted octanol–water partition coefficient (Wildman–Crippen LogP) is 2.47. The van der Waals surface area contributed by atoms with Crippen molar-refractivity contribution in [3.63, 3.8) is 0 Å². The van der Waals surface area contributed by atoms with Crippen LogP contribution in [0.1, 0.15) is 12.5 Å². The van der Waals surface area contributed by atoms with Crippen LogP contribution in [-0.2, 0) is 11.3 Å². The normalized spacial score (nSPS) is 10.8. The minimum Gasteiger partial charge on any atom is -0.493 e. The highest BCUT2D eigenvalue weighted by atomic mass is 19.3. The van der Waals surface area contributed by atoms with Crippen molar-refractivity contribution in [1.82, 2.24) is 5.32 Å². The number of methoxy groups -OCH3 is 1. The zero-order valence-corrected chi connectivity index (χ0v) is 11.8. The molecule has 114 valence electrons. The van der Waals surface area contributed by atoms with Crippen molar-refractivity contribution >= 4 is 0 Å². The summed E-state index contributed by atoms with van der Waals surface area (Å²) in [6, 6.07) is 5.67. The molecule has 0 heterocycles. The van der Waals surface area contributed by atoms with Crippen LogP contribution in [0.25, 0.3) is 0 Å². The Hall–Kier alpha value is -1.40. The molecule has 0 unspecified atom stereocenters. The van der Waals surface area contributed by atoms with Gasteiger partial charge in [-0.2, -0.15) is 0 Å². The molecule has 4 nitrogen and oxygen atoms in total. The molecule has 0 atom stereocenters. The molecule has 20 heavy (non-hydrogen) atoms. The highest BCUT2D eigenvalue weighted by molar-refractivity contribution is 5.42. The smallest absolute Gasteiger partial charge is 0.261 e. The van der Waals surface area contributed by atoms with Gasteiger partial charge in [-0.1, -0.05) is 6.07 Å². The monoisotopic (exact) mass is 289 g/mol. The van der Waals surface area contributed by atoms with Gasteiger partial charge in [0, 0.05) is 13.1 Å². The maximum Gasteiger partial charge on any atom is 0.261 e. The van der Waals surface area contributed by atoms with Gasteiger partial charge in [-0.15, -0.1) is 0 Å². The van der Waals surface area contributed by atoms with Gasteiger partial charge in [-0.05, 0) is 24.6 Å². The summed E-state index contributed by atoms with van der Waals surface area (Å²) >= 11 is 0. The van der Waals surface area contributed by atoms with Gasteiger partial charge in [0.25, 0.3) is 6.43 Å². The average Bonchev–Trinajstić information content (AvgIpc) is 2.43. The van der Waals surface area contributed by atoms with E-state index in [0.717, 1.165) is 5.56 Å². The number of rotatable bonds is 10. The second-order valence-corrected chi connectivity index (χ2v) is 4.06. The first-order valence-corrected chi connectivity index (χ1v) is 6.53. The molecule has 0 aliphatic rings. The molecule has 0 fully saturated rings. The number of alkyl halides is 2. The van der Waals surface area contributed by atoms with Gasteiger partial charge in [-0.25, -0.2) is 8.78 Å². The van der Waals surface area contributed by atoms with Gasteiger partial charge in [-0.3, -0.25) is 0 Å². The first-order valence-electron chi connectivity index (χ1n) is 6.53. The first-order chi connectivity index (χ1) is 9.67. The number of halogens is 2. The van der Waals surface area contributed by atoms with Gasteiger partial charge in [0.1, 0.15) is 6.61 Å². The Morgan fingerprint density at radius 1 is 1.25 bits per heavy atom. The van der Waals surface area contributed by atoms with Crippen molar-refractivity contribution in [1.29, 1.82) is 0 Å². The fraction of sp³-hybridized carbons (Fsp3) is 0.571. The van der Waals surface area contributed by atoms with Crippen LogP contribution >= 0.6 is 0 Å². The SMILES string of the molecule is CCOc1cc(CNCCOCC(F)F)ccc1OC. The Labute approximate surface area is 118 Å². The summed E-state index contributed by atoms with van der Waals surface area (Å²) in [5.41, 5.74) is 1.03. The minimum absolute atomic E-state index is 0.263. The van der Waals surface area contributed by atoms with Crippen molar-refractivity contribution in [3.8, 4) is 11.5 Å². The van der Waals surface area contributed by atoms with E-state index in [0.29, 0.717) is 31.2 Å². The molecule has 1 aromatic carbocycles. The summed E-state index contributed by atoms with van der Waals surface area (Å²) in [6.07, 6.45) is -2.41. The van der Waals surface area contributed by atoms with Crippen LogP contribution in [0.4, 0.5) is 8.78 Å². The van der Waals surface area contributed by atoms with Crippen LogP contribution in [0, 0.1) is 0 Å². The lowest BCUT2D eigenvalue weighted by Gasteiger charge is -2.11. The second-order valence-electron chi connectivity index (χ2n) is 4.06. The zero-order valence-electron chi connectivity index (χ0n) is 11.8. The van der Waals surface area contributed by atoms with E-state index in [1.165, 1.54) is 0 Å². The van der Waals surface area contributed by atoms with Crippen LogP contribution < -0.4 is 14.8 Å². The Morgan fingerprint density at radius 3 is 2.70 bits per heavy atom. The third kappa shape index (κ3) is 6.16. The standard InChI is InChI=1S/C14H21F2NO3/c1-3-20-13-8-11(4-5-12(13)18-2)9-17-6-7-19-10-14(15)16/h4-5,8,14,17H,3,6-7,9-10H2,1-2H3. The molecule has 1 aromatic rings. The number of hydrogen-bond acceptors (Lipinski definition) is 4. The molecule has 0 radical (unpaired) electrons. The Balaban J connectivity index is 2.34. The lowest BCUT2D eigenvalue weighted by atomic mass is 10.2. The largest absolute Gasteiger partial charge is 0.493 e. The van der Waals surface area contributed by atoms with Crippen LogP contribution in [0.3, 0.4) is 0 Å². The highest BCUT2D eigenvalue weighted by Gasteiger charge is 2.05. The fourth-order valence-electron chi connectivity index (χ4n) is 1.65. The summed E-state index contributed by atoms with van der Waals surface area (Å²) in [5, 5.41) is 3.12. The molecule has 0 saturated carbocycles. The maximum absolute atomic E-state index is 11.8. The Kier molecular flexibility index (Phi) is 7.91. The third-order valence-corrected chi connectivity index (χ3v) is 2.52. The Morgan fingerprint density at radius 2 is 2.05 bits per heavy atom. The molecule has 1 N–H and O–H groups in total. The summed E-state index contributed by atoms with van der Waals surface area (Å²) < 4.78 is 39.1. The van der Waals surface area contributed by atoms with Crippen molar-refractivity contribution < 1.29 is 23.0 Å². The van der Waals surface area contributed by atoms with E-state index in [4.69, 9.17) is 14.2 Å². The molecule has 0 aromatic heterocycles. The lowest BCUT2D eigenvalue weighted by Crippen LogP contribution is -2.20. The van der Waals surface area contributed by atoms with E-state index >= 15 is 0 Å². The van der Waals surface area contributed by atoms with Crippen LogP contribution in [-0.4, -0.2) is 39.9 Å². The molecule has 0 saturated heterocycles. The van der Waals surface area contributed by atoms with Crippen LogP contribution in [0.15, 0.2) is 18.2 Å². The van der Waals surface area contributed by atoms with Gasteiger partial charge >= 0.3 is 0 Å². The Bertz CT molecular complexity index is 389. The number of hydrogen-bond donors (Lipinski definition) is 1. The van der Waals surface area contributed by atoms with Gasteiger partial charge in [0.15, 0.2) is 11.5 Å². The minimum atomic E-state index is -2.41. The lowest BCUT2D eigenvalue weighted by molar-refractivity contribution is 0.0187. The number of benzene rings is 1. The van der Waals surface area contributed by atoms with E-state index in [1.807, 2.05) is 25.1 Å². The van der Waals surface area contributed by atoms with E-state index in [-0.39, 0.29) is 6.61 Å². The molecule has 0 aliphatic heterocycles. The quantitative estimate of drug-likeness (QED) is 0.672. The summed E-state index contributed by atoms with van der Waals surface area (Å²) in [4.78, 5) is 0. The number of nitrogens with one attached hydrogen (secondary N) is 1. The molecule has 0 aliphatic carbocycles. The van der Waals surface area contributed by atoms with E-state index in [9.17, 15) is 8.78 Å². The predicted molar refractivity (Wildman–Crippen MR) is 72.7 cm³/mol. The van der Waals surface area contributed by atoms with Crippen LogP contribution in [0.5, 0.6) is 11.5 Å². The number of ether oxygens (including phenoxy) is 3. The first kappa shape index (κ1) is 16.7. The van der Waals surface area contributed by atoms with Gasteiger partial charge in [0.2, 0.25) is 0 Å². The average molecular weight is 289 g/mol. The maximum atomic E-state index is 11.8. The molecule has 0 amide bonds. The molecule has 6 heteroatoms. The van der Waals surface area contributed by atoms with Gasteiger partial charge < -0.3 is 19.5 Å². The topological polar surface area (TPSA) is 39.7 Å². The molecule has 1 rings (SSSR count). The second kappa shape index (κ2) is 9.50.